The quantitative estimate of drug-likeness (QED) is 0.422. The lowest BCUT2D eigenvalue weighted by atomic mass is 9.41. The van der Waals surface area contributed by atoms with E-state index in [-0.39, 0.29) is 13.1 Å². The van der Waals surface area contributed by atoms with E-state index in [2.05, 4.69) is 13.8 Å². The molecule has 0 aromatic heterocycles. The summed E-state index contributed by atoms with van der Waals surface area (Å²) in [7, 11) is 0. The Morgan fingerprint density at radius 3 is 1.87 bits per heavy atom. The average Bonchev–Trinajstić information content (AvgIpc) is 2.10. The van der Waals surface area contributed by atoms with Crippen LogP contribution in [0.1, 0.15) is 40.0 Å². The molecular formula is C10H20BO4. The number of hydrogen-bond acceptors (Lipinski definition) is 4. The summed E-state index contributed by atoms with van der Waals surface area (Å²) < 4.78 is 0. The SMILES string of the molecule is CC1(O)CCC2CC1(O)C2(C)C.O[B]O. The lowest BCUT2D eigenvalue weighted by Gasteiger charge is -2.68. The van der Waals surface area contributed by atoms with Crippen molar-refractivity contribution >= 4 is 7.69 Å². The van der Waals surface area contributed by atoms with Crippen LogP contribution in [-0.2, 0) is 0 Å². The molecule has 4 N–H and O–H groups in total. The van der Waals surface area contributed by atoms with Crippen molar-refractivity contribution in [1.29, 1.82) is 0 Å². The van der Waals surface area contributed by atoms with Crippen molar-refractivity contribution in [3.05, 3.63) is 0 Å². The Bertz CT molecular complexity index is 232. The molecule has 2 bridgehead atoms. The second kappa shape index (κ2) is 3.73. The van der Waals surface area contributed by atoms with Crippen LogP contribution in [0.3, 0.4) is 0 Å². The van der Waals surface area contributed by atoms with Gasteiger partial charge in [0.05, 0.1) is 11.2 Å². The van der Waals surface area contributed by atoms with Crippen molar-refractivity contribution in [3.8, 4) is 0 Å². The Morgan fingerprint density at radius 1 is 1.13 bits per heavy atom. The summed E-state index contributed by atoms with van der Waals surface area (Å²) in [6.07, 6.45) is 2.59. The zero-order chi connectivity index (χ0) is 11.9. The first-order valence-electron chi connectivity index (χ1n) is 5.28. The molecular weight excluding hydrogens is 195 g/mol. The molecule has 3 saturated carbocycles. The fraction of sp³-hybridized carbons (Fsp3) is 1.00. The van der Waals surface area contributed by atoms with E-state index in [1.807, 2.05) is 0 Å². The van der Waals surface area contributed by atoms with Gasteiger partial charge in [-0.25, -0.2) is 0 Å². The molecule has 0 saturated heterocycles. The molecule has 4 nitrogen and oxygen atoms in total. The van der Waals surface area contributed by atoms with E-state index >= 15 is 0 Å². The van der Waals surface area contributed by atoms with Crippen molar-refractivity contribution in [2.45, 2.75) is 51.2 Å². The fourth-order valence-electron chi connectivity index (χ4n) is 3.12. The predicted molar refractivity (Wildman–Crippen MR) is 56.9 cm³/mol. The zero-order valence-electron chi connectivity index (χ0n) is 9.56. The maximum atomic E-state index is 10.2. The van der Waals surface area contributed by atoms with Crippen LogP contribution in [0.25, 0.3) is 0 Å². The zero-order valence-corrected chi connectivity index (χ0v) is 9.56. The highest BCUT2D eigenvalue weighted by atomic mass is 16.4. The third-order valence-corrected chi connectivity index (χ3v) is 4.50. The second-order valence-electron chi connectivity index (χ2n) is 5.41. The minimum atomic E-state index is -0.870. The Kier molecular flexibility index (Phi) is 3.23. The van der Waals surface area contributed by atoms with Crippen LogP contribution in [0, 0.1) is 11.3 Å². The van der Waals surface area contributed by atoms with Crippen molar-refractivity contribution in [2.24, 2.45) is 11.3 Å². The first kappa shape index (κ1) is 13.0. The van der Waals surface area contributed by atoms with E-state index in [0.717, 1.165) is 19.3 Å². The fourth-order valence-corrected chi connectivity index (χ4v) is 3.12. The molecule has 3 rings (SSSR count). The van der Waals surface area contributed by atoms with E-state index in [1.54, 1.807) is 6.92 Å². The molecule has 87 valence electrons. The highest BCUT2D eigenvalue weighted by Gasteiger charge is 2.69. The highest BCUT2D eigenvalue weighted by molar-refractivity contribution is 6.13. The molecule has 3 atom stereocenters. The first-order chi connectivity index (χ1) is 6.73. The predicted octanol–water partition coefficient (Wildman–Crippen LogP) is -0.186. The number of fused-ring (bicyclic) bond motifs is 2. The largest absolute Gasteiger partial charge is 0.482 e. The van der Waals surface area contributed by atoms with Gasteiger partial charge in [-0.05, 0) is 37.5 Å². The van der Waals surface area contributed by atoms with Crippen LogP contribution >= 0.6 is 0 Å². The molecule has 0 heterocycles. The smallest absolute Gasteiger partial charge is 0.429 e. The number of rotatable bonds is 0. The third-order valence-electron chi connectivity index (χ3n) is 4.50. The van der Waals surface area contributed by atoms with E-state index in [0.29, 0.717) is 5.92 Å². The van der Waals surface area contributed by atoms with E-state index in [9.17, 15) is 10.2 Å². The summed E-state index contributed by atoms with van der Waals surface area (Å²) in [4.78, 5) is 0. The monoisotopic (exact) mass is 215 g/mol. The van der Waals surface area contributed by atoms with Crippen LogP contribution in [0.5, 0.6) is 0 Å². The van der Waals surface area contributed by atoms with Gasteiger partial charge in [0.15, 0.2) is 0 Å². The molecule has 3 aliphatic rings. The summed E-state index contributed by atoms with van der Waals surface area (Å²) in [6.45, 7) is 5.90. The van der Waals surface area contributed by atoms with Gasteiger partial charge in [0.1, 0.15) is 0 Å². The van der Waals surface area contributed by atoms with E-state index in [1.165, 1.54) is 0 Å². The van der Waals surface area contributed by atoms with Crippen LogP contribution in [0.2, 0.25) is 0 Å². The molecule has 3 fully saturated rings. The van der Waals surface area contributed by atoms with Gasteiger partial charge in [0.25, 0.3) is 0 Å². The molecule has 0 aliphatic heterocycles. The average molecular weight is 215 g/mol. The van der Waals surface area contributed by atoms with Gasteiger partial charge in [-0.15, -0.1) is 0 Å². The maximum Gasteiger partial charge on any atom is 0.482 e. The molecule has 0 amide bonds. The Morgan fingerprint density at radius 2 is 1.60 bits per heavy atom. The van der Waals surface area contributed by atoms with E-state index < -0.39 is 11.2 Å². The number of hydrogen-bond donors (Lipinski definition) is 4. The first-order valence-corrected chi connectivity index (χ1v) is 5.28. The molecule has 5 heteroatoms. The molecule has 3 unspecified atom stereocenters. The summed E-state index contributed by atoms with van der Waals surface area (Å²) in [5.41, 5.74) is -1.79. The van der Waals surface area contributed by atoms with Crippen LogP contribution in [0.15, 0.2) is 0 Å². The van der Waals surface area contributed by atoms with Crippen LogP contribution in [-0.4, -0.2) is 39.1 Å². The Balaban J connectivity index is 0.000000337. The molecule has 0 spiro atoms. The van der Waals surface area contributed by atoms with Gasteiger partial charge >= 0.3 is 7.69 Å². The number of aliphatic hydroxyl groups is 2. The van der Waals surface area contributed by atoms with Crippen LogP contribution in [0.4, 0.5) is 0 Å². The minimum Gasteiger partial charge on any atom is -0.429 e. The Labute approximate surface area is 91.3 Å². The molecule has 3 aliphatic carbocycles. The Hall–Kier alpha value is -0.0951. The minimum absolute atomic E-state index is 0. The van der Waals surface area contributed by atoms with Crippen LogP contribution < -0.4 is 0 Å². The van der Waals surface area contributed by atoms with Gasteiger partial charge in [0.2, 0.25) is 0 Å². The van der Waals surface area contributed by atoms with Gasteiger partial charge in [-0.1, -0.05) is 13.8 Å². The van der Waals surface area contributed by atoms with Gasteiger partial charge in [-0.3, -0.25) is 0 Å². The topological polar surface area (TPSA) is 80.9 Å². The molecule has 15 heavy (non-hydrogen) atoms. The van der Waals surface area contributed by atoms with E-state index in [4.69, 9.17) is 10.0 Å². The summed E-state index contributed by atoms with van der Waals surface area (Å²) in [5.74, 6) is 0.614. The standard InChI is InChI=1S/C10H18O2.BH2O2/c1-8(2)7-4-5-9(3,11)10(8,12)6-7;2-1-3/h7,11-12H,4-6H2,1-3H3;2-3H. The van der Waals surface area contributed by atoms with Crippen molar-refractivity contribution < 1.29 is 20.3 Å². The highest BCUT2D eigenvalue weighted by Crippen LogP contribution is 2.65. The van der Waals surface area contributed by atoms with Crippen molar-refractivity contribution in [2.75, 3.05) is 0 Å². The summed E-state index contributed by atoms with van der Waals surface area (Å²) in [6, 6.07) is 0. The van der Waals surface area contributed by atoms with Gasteiger partial charge in [-0.2, -0.15) is 0 Å². The lowest BCUT2D eigenvalue weighted by Crippen LogP contribution is -2.74. The maximum absolute atomic E-state index is 10.2. The van der Waals surface area contributed by atoms with Crippen molar-refractivity contribution in [3.63, 3.8) is 0 Å². The normalized spacial score (nSPS) is 45.9. The van der Waals surface area contributed by atoms with Crippen molar-refractivity contribution in [1.82, 2.24) is 0 Å². The molecule has 0 aromatic rings. The second-order valence-corrected chi connectivity index (χ2v) is 5.41. The summed E-state index contributed by atoms with van der Waals surface area (Å²) >= 11 is 0. The molecule has 1 radical (unpaired) electrons. The lowest BCUT2D eigenvalue weighted by molar-refractivity contribution is -0.312. The third kappa shape index (κ3) is 1.62. The van der Waals surface area contributed by atoms with Gasteiger partial charge < -0.3 is 20.3 Å². The molecule has 0 aromatic carbocycles. The van der Waals surface area contributed by atoms with Gasteiger partial charge in [0, 0.05) is 0 Å². The summed E-state index contributed by atoms with van der Waals surface area (Å²) in [5, 5.41) is 34.3.